The van der Waals surface area contributed by atoms with Gasteiger partial charge in [-0.25, -0.2) is 9.97 Å². The molecule has 0 saturated heterocycles. The Morgan fingerprint density at radius 2 is 1.57 bits per heavy atom. The Morgan fingerprint density at radius 3 is 2.39 bits per heavy atom. The molecule has 0 radical (unpaired) electrons. The van der Waals surface area contributed by atoms with Crippen molar-refractivity contribution >= 4 is 11.0 Å². The normalized spacial score (nSPS) is 11.0. The summed E-state index contributed by atoms with van der Waals surface area (Å²) >= 11 is 0. The van der Waals surface area contributed by atoms with E-state index in [0.717, 1.165) is 27.8 Å². The number of nitrogens with zero attached hydrogens (tertiary/aromatic N) is 4. The van der Waals surface area contributed by atoms with Crippen LogP contribution in [0.5, 0.6) is 0 Å². The first kappa shape index (κ1) is 16.3. The summed E-state index contributed by atoms with van der Waals surface area (Å²) in [6.45, 7) is 0. The molecule has 0 aliphatic heterocycles. The van der Waals surface area contributed by atoms with E-state index in [2.05, 4.69) is 15.2 Å². The van der Waals surface area contributed by atoms with Crippen molar-refractivity contribution in [3.63, 3.8) is 0 Å². The van der Waals surface area contributed by atoms with E-state index in [4.69, 9.17) is 9.40 Å². The van der Waals surface area contributed by atoms with Gasteiger partial charge in [-0.05, 0) is 23.8 Å². The molecular weight excluding hydrogens is 348 g/mol. The van der Waals surface area contributed by atoms with Crippen LogP contribution in [0.1, 0.15) is 11.5 Å². The molecule has 0 N–H and O–H groups in total. The highest BCUT2D eigenvalue weighted by Crippen LogP contribution is 2.32. The monoisotopic (exact) mass is 364 g/mol. The first-order chi connectivity index (χ1) is 13.9. The number of aromatic nitrogens is 4. The maximum absolute atomic E-state index is 6.00. The summed E-state index contributed by atoms with van der Waals surface area (Å²) in [5.74, 6) is 1.04. The number of rotatable bonds is 4. The van der Waals surface area contributed by atoms with E-state index in [0.29, 0.717) is 23.8 Å². The molecule has 0 amide bonds. The number of benzene rings is 2. The van der Waals surface area contributed by atoms with Crippen molar-refractivity contribution in [1.82, 2.24) is 20.2 Å². The van der Waals surface area contributed by atoms with Crippen LogP contribution >= 0.6 is 0 Å². The Morgan fingerprint density at radius 1 is 0.786 bits per heavy atom. The molecule has 0 saturated carbocycles. The van der Waals surface area contributed by atoms with Crippen LogP contribution in [0, 0.1) is 0 Å². The van der Waals surface area contributed by atoms with Gasteiger partial charge < -0.3 is 4.42 Å². The fourth-order valence-electron chi connectivity index (χ4n) is 3.19. The molecule has 0 unspecified atom stereocenters. The minimum absolute atomic E-state index is 0.461. The molecule has 0 aliphatic carbocycles. The van der Waals surface area contributed by atoms with Crippen LogP contribution in [-0.4, -0.2) is 20.2 Å². The summed E-state index contributed by atoms with van der Waals surface area (Å²) in [5.41, 5.74) is 4.38. The zero-order valence-corrected chi connectivity index (χ0v) is 15.0. The van der Waals surface area contributed by atoms with Gasteiger partial charge in [-0.2, -0.15) is 0 Å². The quantitative estimate of drug-likeness (QED) is 0.452. The summed E-state index contributed by atoms with van der Waals surface area (Å²) in [4.78, 5) is 9.16. The fraction of sp³-hybridized carbons (Fsp3) is 0.0435. The van der Waals surface area contributed by atoms with Gasteiger partial charge in [0.25, 0.3) is 0 Å². The smallest absolute Gasteiger partial charge is 0.249 e. The number of hydrogen-bond donors (Lipinski definition) is 0. The molecule has 5 aromatic rings. The lowest BCUT2D eigenvalue weighted by Crippen LogP contribution is -1.93. The van der Waals surface area contributed by atoms with Crippen molar-refractivity contribution in [2.75, 3.05) is 0 Å². The van der Waals surface area contributed by atoms with Crippen molar-refractivity contribution in [3.8, 4) is 22.7 Å². The average molecular weight is 364 g/mol. The van der Waals surface area contributed by atoms with E-state index in [1.54, 1.807) is 6.20 Å². The molecule has 0 spiro atoms. The molecular formula is C23H16N4O. The molecule has 2 aromatic carbocycles. The van der Waals surface area contributed by atoms with Crippen LogP contribution in [0.15, 0.2) is 89.5 Å². The Hall–Kier alpha value is -3.86. The second-order valence-corrected chi connectivity index (χ2v) is 6.46. The molecule has 0 bridgehead atoms. The maximum atomic E-state index is 6.00. The van der Waals surface area contributed by atoms with Crippen LogP contribution < -0.4 is 0 Å². The Labute approximate surface area is 161 Å². The van der Waals surface area contributed by atoms with E-state index >= 15 is 0 Å². The summed E-state index contributed by atoms with van der Waals surface area (Å²) in [6, 6.07) is 25.9. The lowest BCUT2D eigenvalue weighted by Gasteiger charge is -2.07. The van der Waals surface area contributed by atoms with Gasteiger partial charge in [0.1, 0.15) is 0 Å². The first-order valence-electron chi connectivity index (χ1n) is 9.05. The van der Waals surface area contributed by atoms with E-state index in [-0.39, 0.29) is 0 Å². The van der Waals surface area contributed by atoms with E-state index < -0.39 is 0 Å². The third kappa shape index (κ3) is 3.14. The van der Waals surface area contributed by atoms with Gasteiger partial charge in [0.05, 0.1) is 17.7 Å². The van der Waals surface area contributed by atoms with E-state index in [9.17, 15) is 0 Å². The SMILES string of the molecule is c1ccc(Cc2nnc(-c3cc4cccnc4nc3-c3ccccc3)o2)cc1. The van der Waals surface area contributed by atoms with Gasteiger partial charge in [-0.1, -0.05) is 60.7 Å². The summed E-state index contributed by atoms with van der Waals surface area (Å²) in [6.07, 6.45) is 2.34. The molecule has 134 valence electrons. The third-order valence-corrected chi connectivity index (χ3v) is 4.53. The largest absolute Gasteiger partial charge is 0.420 e. The zero-order chi connectivity index (χ0) is 18.8. The van der Waals surface area contributed by atoms with Crippen molar-refractivity contribution in [2.45, 2.75) is 6.42 Å². The zero-order valence-electron chi connectivity index (χ0n) is 15.0. The van der Waals surface area contributed by atoms with Crippen molar-refractivity contribution in [2.24, 2.45) is 0 Å². The number of pyridine rings is 2. The van der Waals surface area contributed by atoms with Crippen LogP contribution in [0.4, 0.5) is 0 Å². The average Bonchev–Trinajstić information content (AvgIpc) is 3.22. The van der Waals surface area contributed by atoms with Gasteiger partial charge in [-0.15, -0.1) is 10.2 Å². The summed E-state index contributed by atoms with van der Waals surface area (Å²) < 4.78 is 6.00. The van der Waals surface area contributed by atoms with Gasteiger partial charge in [-0.3, -0.25) is 0 Å². The highest BCUT2D eigenvalue weighted by atomic mass is 16.4. The van der Waals surface area contributed by atoms with Crippen molar-refractivity contribution in [3.05, 3.63) is 96.5 Å². The van der Waals surface area contributed by atoms with E-state index in [1.807, 2.05) is 78.9 Å². The molecule has 3 heterocycles. The highest BCUT2D eigenvalue weighted by molar-refractivity contribution is 5.87. The molecule has 0 fully saturated rings. The number of hydrogen-bond acceptors (Lipinski definition) is 5. The summed E-state index contributed by atoms with van der Waals surface area (Å²) in [7, 11) is 0. The fourth-order valence-corrected chi connectivity index (χ4v) is 3.19. The maximum Gasteiger partial charge on any atom is 0.249 e. The van der Waals surface area contributed by atoms with Gasteiger partial charge >= 0.3 is 0 Å². The number of fused-ring (bicyclic) bond motifs is 1. The molecule has 5 heteroatoms. The van der Waals surface area contributed by atoms with Crippen molar-refractivity contribution in [1.29, 1.82) is 0 Å². The second kappa shape index (κ2) is 7.04. The Balaban J connectivity index is 1.62. The van der Waals surface area contributed by atoms with Crippen LogP contribution in [0.3, 0.4) is 0 Å². The van der Waals surface area contributed by atoms with Crippen LogP contribution in [0.25, 0.3) is 33.7 Å². The minimum atomic E-state index is 0.461. The molecule has 0 aliphatic rings. The van der Waals surface area contributed by atoms with Gasteiger partial charge in [0.15, 0.2) is 5.65 Å². The predicted molar refractivity (Wildman–Crippen MR) is 108 cm³/mol. The lowest BCUT2D eigenvalue weighted by atomic mass is 10.0. The predicted octanol–water partition coefficient (Wildman–Crippen LogP) is 4.94. The van der Waals surface area contributed by atoms with Gasteiger partial charge in [0.2, 0.25) is 11.8 Å². The van der Waals surface area contributed by atoms with Crippen molar-refractivity contribution < 1.29 is 4.42 Å². The molecule has 3 aromatic heterocycles. The summed E-state index contributed by atoms with van der Waals surface area (Å²) in [5, 5.41) is 9.47. The molecule has 28 heavy (non-hydrogen) atoms. The van der Waals surface area contributed by atoms with Crippen LogP contribution in [0.2, 0.25) is 0 Å². The highest BCUT2D eigenvalue weighted by Gasteiger charge is 2.17. The molecule has 5 rings (SSSR count). The van der Waals surface area contributed by atoms with E-state index in [1.165, 1.54) is 0 Å². The minimum Gasteiger partial charge on any atom is -0.420 e. The standard InChI is InChI=1S/C23H16N4O/c1-3-8-16(9-4-1)14-20-26-27-23(28-20)19-15-18-12-7-13-24-22(18)25-21(19)17-10-5-2-6-11-17/h1-13,15H,14H2. The Bertz CT molecular complexity index is 1230. The second-order valence-electron chi connectivity index (χ2n) is 6.46. The van der Waals surface area contributed by atoms with Crippen LogP contribution in [-0.2, 0) is 6.42 Å². The molecule has 5 nitrogen and oxygen atoms in total. The Kier molecular flexibility index (Phi) is 4.10. The van der Waals surface area contributed by atoms with Gasteiger partial charge in [0, 0.05) is 17.1 Å². The first-order valence-corrected chi connectivity index (χ1v) is 9.05. The molecule has 0 atom stereocenters. The lowest BCUT2D eigenvalue weighted by molar-refractivity contribution is 0.518. The third-order valence-electron chi connectivity index (χ3n) is 4.53. The topological polar surface area (TPSA) is 64.7 Å².